The fraction of sp³-hybridized carbons (Fsp3) is 0.111. The molecule has 66 valence electrons. The molecule has 0 saturated heterocycles. The number of halogens is 1. The number of anilines is 1. The lowest BCUT2D eigenvalue weighted by atomic mass is 10.1. The maximum atomic E-state index is 11.3. The molecule has 4 heteroatoms. The first-order valence-corrected chi connectivity index (χ1v) is 4.23. The zero-order valence-corrected chi connectivity index (χ0v) is 7.72. The highest BCUT2D eigenvalue weighted by Crippen LogP contribution is 2.31. The van der Waals surface area contributed by atoms with Crippen LogP contribution in [-0.4, -0.2) is 10.9 Å². The number of amides is 1. The Kier molecular flexibility index (Phi) is 1.81. The van der Waals surface area contributed by atoms with Crippen molar-refractivity contribution in [2.75, 3.05) is 5.32 Å². The van der Waals surface area contributed by atoms with E-state index in [0.29, 0.717) is 10.7 Å². The minimum Gasteiger partial charge on any atom is -0.321 e. The molecular formula is C9H7ClN2O. The molecule has 0 fully saturated rings. The van der Waals surface area contributed by atoms with Gasteiger partial charge in [-0.2, -0.15) is 0 Å². The number of rotatable bonds is 0. The van der Waals surface area contributed by atoms with Crippen LogP contribution in [-0.2, 0) is 4.79 Å². The van der Waals surface area contributed by atoms with Crippen LogP contribution in [0.1, 0.15) is 12.5 Å². The number of nitrogens with zero attached hydrogens (tertiary/aromatic N) is 1. The van der Waals surface area contributed by atoms with Crippen LogP contribution in [0.3, 0.4) is 0 Å². The lowest BCUT2D eigenvalue weighted by molar-refractivity contribution is -0.110. The molecule has 1 amide bonds. The minimum absolute atomic E-state index is 0.0958. The van der Waals surface area contributed by atoms with Crippen molar-refractivity contribution in [1.29, 1.82) is 0 Å². The van der Waals surface area contributed by atoms with Crippen LogP contribution in [0.5, 0.6) is 0 Å². The maximum absolute atomic E-state index is 11.3. The highest BCUT2D eigenvalue weighted by molar-refractivity contribution is 6.33. The van der Waals surface area contributed by atoms with Crippen LogP contribution in [0.15, 0.2) is 18.3 Å². The molecule has 0 spiro atoms. The summed E-state index contributed by atoms with van der Waals surface area (Å²) in [7, 11) is 0. The SMILES string of the molecule is C/C=C1/C(=O)Nc2cc(Cl)ncc21. The van der Waals surface area contributed by atoms with Gasteiger partial charge in [-0.15, -0.1) is 0 Å². The monoisotopic (exact) mass is 194 g/mol. The first-order chi connectivity index (χ1) is 6.22. The number of carbonyl (C=O) groups excluding carboxylic acids is 1. The fourth-order valence-corrected chi connectivity index (χ4v) is 1.50. The third-order valence-electron chi connectivity index (χ3n) is 1.94. The van der Waals surface area contributed by atoms with E-state index in [2.05, 4.69) is 10.3 Å². The molecule has 13 heavy (non-hydrogen) atoms. The Morgan fingerprint density at radius 2 is 2.38 bits per heavy atom. The largest absolute Gasteiger partial charge is 0.321 e. The van der Waals surface area contributed by atoms with Crippen LogP contribution in [0, 0.1) is 0 Å². The third kappa shape index (κ3) is 1.21. The smallest absolute Gasteiger partial charge is 0.256 e. The number of hydrogen-bond donors (Lipinski definition) is 1. The summed E-state index contributed by atoms with van der Waals surface area (Å²) >= 11 is 5.68. The highest BCUT2D eigenvalue weighted by Gasteiger charge is 2.23. The summed E-state index contributed by atoms with van der Waals surface area (Å²) in [6.07, 6.45) is 3.36. The van der Waals surface area contributed by atoms with Gasteiger partial charge in [-0.25, -0.2) is 4.98 Å². The number of carbonyl (C=O) groups is 1. The van der Waals surface area contributed by atoms with Crippen LogP contribution in [0.2, 0.25) is 5.15 Å². The van der Waals surface area contributed by atoms with Crippen molar-refractivity contribution in [3.8, 4) is 0 Å². The Morgan fingerprint density at radius 3 is 3.08 bits per heavy atom. The quantitative estimate of drug-likeness (QED) is 0.508. The van der Waals surface area contributed by atoms with Crippen LogP contribution < -0.4 is 5.32 Å². The summed E-state index contributed by atoms with van der Waals surface area (Å²) in [6, 6.07) is 1.64. The molecule has 0 atom stereocenters. The second-order valence-corrected chi connectivity index (χ2v) is 3.10. The minimum atomic E-state index is -0.0958. The van der Waals surface area contributed by atoms with Gasteiger partial charge in [0.2, 0.25) is 0 Å². The van der Waals surface area contributed by atoms with E-state index in [-0.39, 0.29) is 5.91 Å². The van der Waals surface area contributed by atoms with Crippen molar-refractivity contribution in [2.45, 2.75) is 6.92 Å². The van der Waals surface area contributed by atoms with Gasteiger partial charge in [-0.05, 0) is 13.0 Å². The molecule has 0 radical (unpaired) electrons. The standard InChI is InChI=1S/C9H7ClN2O/c1-2-5-6-4-11-8(10)3-7(6)12-9(5)13/h2-4H,1H3,(H,12,13)/b5-2+. The van der Waals surface area contributed by atoms with E-state index in [1.54, 1.807) is 18.3 Å². The number of nitrogens with one attached hydrogen (secondary N) is 1. The number of fused-ring (bicyclic) bond motifs is 1. The average molecular weight is 195 g/mol. The van der Waals surface area contributed by atoms with Gasteiger partial charge in [0.15, 0.2) is 0 Å². The molecule has 1 aliphatic rings. The molecule has 2 heterocycles. The Hall–Kier alpha value is -1.35. The molecule has 1 aliphatic heterocycles. The maximum Gasteiger partial charge on any atom is 0.256 e. The van der Waals surface area contributed by atoms with Crippen LogP contribution in [0.4, 0.5) is 5.69 Å². The van der Waals surface area contributed by atoms with Gasteiger partial charge < -0.3 is 5.32 Å². The lowest BCUT2D eigenvalue weighted by Crippen LogP contribution is -2.03. The van der Waals surface area contributed by atoms with E-state index in [1.165, 1.54) is 0 Å². The fourth-order valence-electron chi connectivity index (χ4n) is 1.35. The van der Waals surface area contributed by atoms with Gasteiger partial charge in [-0.1, -0.05) is 17.7 Å². The molecule has 1 aromatic rings. The van der Waals surface area contributed by atoms with Crippen molar-refractivity contribution >= 4 is 28.8 Å². The Morgan fingerprint density at radius 1 is 1.62 bits per heavy atom. The second kappa shape index (κ2) is 2.85. The van der Waals surface area contributed by atoms with Crippen molar-refractivity contribution < 1.29 is 4.79 Å². The van der Waals surface area contributed by atoms with Gasteiger partial charge in [0, 0.05) is 17.3 Å². The Balaban J connectivity index is 2.61. The molecule has 0 aromatic carbocycles. The molecule has 0 aliphatic carbocycles. The second-order valence-electron chi connectivity index (χ2n) is 2.71. The Bertz CT molecular complexity index is 412. The summed E-state index contributed by atoms with van der Waals surface area (Å²) in [5.74, 6) is -0.0958. The lowest BCUT2D eigenvalue weighted by Gasteiger charge is -1.96. The summed E-state index contributed by atoms with van der Waals surface area (Å²) in [4.78, 5) is 15.2. The van der Waals surface area contributed by atoms with E-state index >= 15 is 0 Å². The number of allylic oxidation sites excluding steroid dienone is 1. The van der Waals surface area contributed by atoms with Crippen molar-refractivity contribution in [3.63, 3.8) is 0 Å². The van der Waals surface area contributed by atoms with Crippen molar-refractivity contribution in [1.82, 2.24) is 4.98 Å². The van der Waals surface area contributed by atoms with Gasteiger partial charge in [0.25, 0.3) is 5.91 Å². The van der Waals surface area contributed by atoms with Crippen molar-refractivity contribution in [3.05, 3.63) is 29.1 Å². The molecular weight excluding hydrogens is 188 g/mol. The summed E-state index contributed by atoms with van der Waals surface area (Å²) < 4.78 is 0. The van der Waals surface area contributed by atoms with Crippen LogP contribution in [0.25, 0.3) is 5.57 Å². The Labute approximate surface area is 80.4 Å². The van der Waals surface area contributed by atoms with Gasteiger partial charge in [-0.3, -0.25) is 4.79 Å². The summed E-state index contributed by atoms with van der Waals surface area (Å²) in [6.45, 7) is 1.82. The van der Waals surface area contributed by atoms with E-state index in [0.717, 1.165) is 11.3 Å². The van der Waals surface area contributed by atoms with Crippen molar-refractivity contribution in [2.24, 2.45) is 0 Å². The first-order valence-electron chi connectivity index (χ1n) is 3.86. The molecule has 1 N–H and O–H groups in total. The number of aromatic nitrogens is 1. The van der Waals surface area contributed by atoms with Gasteiger partial charge >= 0.3 is 0 Å². The number of hydrogen-bond acceptors (Lipinski definition) is 2. The highest BCUT2D eigenvalue weighted by atomic mass is 35.5. The van der Waals surface area contributed by atoms with Crippen LogP contribution >= 0.6 is 11.6 Å². The topological polar surface area (TPSA) is 42.0 Å². The predicted molar refractivity (Wildman–Crippen MR) is 51.5 cm³/mol. The molecule has 2 rings (SSSR count). The van der Waals surface area contributed by atoms with Gasteiger partial charge in [0.1, 0.15) is 5.15 Å². The molecule has 1 aromatic heterocycles. The molecule has 0 unspecified atom stereocenters. The molecule has 3 nitrogen and oxygen atoms in total. The van der Waals surface area contributed by atoms with E-state index < -0.39 is 0 Å². The summed E-state index contributed by atoms with van der Waals surface area (Å²) in [5, 5.41) is 3.09. The van der Waals surface area contributed by atoms with E-state index in [4.69, 9.17) is 11.6 Å². The molecule has 0 bridgehead atoms. The summed E-state index contributed by atoms with van der Waals surface area (Å²) in [5.41, 5.74) is 2.20. The third-order valence-corrected chi connectivity index (χ3v) is 2.15. The average Bonchev–Trinajstić information content (AvgIpc) is 2.39. The zero-order valence-electron chi connectivity index (χ0n) is 6.97. The van der Waals surface area contributed by atoms with E-state index in [1.807, 2.05) is 6.92 Å². The zero-order chi connectivity index (χ0) is 9.42. The normalized spacial score (nSPS) is 17.4. The number of pyridine rings is 1. The first kappa shape index (κ1) is 8.26. The van der Waals surface area contributed by atoms with E-state index in [9.17, 15) is 4.79 Å². The van der Waals surface area contributed by atoms with Gasteiger partial charge in [0.05, 0.1) is 5.69 Å². The molecule has 0 saturated carbocycles. The predicted octanol–water partition coefficient (Wildman–Crippen LogP) is 2.09.